The Hall–Kier alpha value is -1.36. The number of anilines is 1. The van der Waals surface area contributed by atoms with Gasteiger partial charge in [-0.15, -0.1) is 0 Å². The van der Waals surface area contributed by atoms with Crippen molar-refractivity contribution in [2.24, 2.45) is 5.73 Å². The van der Waals surface area contributed by atoms with Gasteiger partial charge in [-0.1, -0.05) is 25.4 Å². The molecule has 0 saturated carbocycles. The summed E-state index contributed by atoms with van der Waals surface area (Å²) in [6.45, 7) is 6.70. The van der Waals surface area contributed by atoms with Crippen LogP contribution in [0.25, 0.3) is 0 Å². The highest BCUT2D eigenvalue weighted by molar-refractivity contribution is 6.30. The fraction of sp³-hybridized carbons (Fsp3) is 0.643. The molecule has 1 saturated heterocycles. The molecule has 0 spiro atoms. The molecule has 2 heterocycles. The van der Waals surface area contributed by atoms with Crippen LogP contribution in [0, 0.1) is 6.92 Å². The molecule has 0 aromatic carbocycles. The molecule has 1 unspecified atom stereocenters. The van der Waals surface area contributed by atoms with Gasteiger partial charge in [-0.05, 0) is 26.2 Å². The third kappa shape index (κ3) is 2.87. The molecule has 20 heavy (non-hydrogen) atoms. The number of nitrogens with two attached hydrogens (primary N) is 1. The van der Waals surface area contributed by atoms with E-state index in [0.717, 1.165) is 37.2 Å². The summed E-state index contributed by atoms with van der Waals surface area (Å²) in [5.41, 5.74) is 6.33. The highest BCUT2D eigenvalue weighted by atomic mass is 35.5. The molecule has 1 amide bonds. The fourth-order valence-corrected chi connectivity index (χ4v) is 2.68. The van der Waals surface area contributed by atoms with Crippen molar-refractivity contribution >= 4 is 23.3 Å². The third-order valence-corrected chi connectivity index (χ3v) is 4.07. The van der Waals surface area contributed by atoms with Gasteiger partial charge < -0.3 is 10.6 Å². The van der Waals surface area contributed by atoms with Gasteiger partial charge in [-0.3, -0.25) is 4.79 Å². The minimum Gasteiger partial charge on any atom is -0.368 e. The number of aromatic nitrogens is 2. The second-order valence-electron chi connectivity index (χ2n) is 5.58. The summed E-state index contributed by atoms with van der Waals surface area (Å²) in [6.07, 6.45) is 2.81. The first-order valence-corrected chi connectivity index (χ1v) is 7.39. The van der Waals surface area contributed by atoms with Crippen LogP contribution in [0.4, 0.5) is 5.82 Å². The van der Waals surface area contributed by atoms with E-state index >= 15 is 0 Å². The van der Waals surface area contributed by atoms with Crippen molar-refractivity contribution in [1.82, 2.24) is 9.97 Å². The van der Waals surface area contributed by atoms with E-state index in [2.05, 4.69) is 9.97 Å². The second kappa shape index (κ2) is 5.95. The van der Waals surface area contributed by atoms with Crippen LogP contribution in [0.5, 0.6) is 0 Å². The van der Waals surface area contributed by atoms with E-state index in [1.807, 2.05) is 25.7 Å². The molecular weight excluding hydrogens is 276 g/mol. The normalized spacial score (nSPS) is 19.4. The number of primary amides is 1. The van der Waals surface area contributed by atoms with Gasteiger partial charge >= 0.3 is 0 Å². The Balaban J connectivity index is 2.46. The number of hydrogen-bond donors (Lipinski definition) is 1. The minimum atomic E-state index is -0.301. The van der Waals surface area contributed by atoms with Crippen molar-refractivity contribution in [2.75, 3.05) is 11.4 Å². The van der Waals surface area contributed by atoms with Gasteiger partial charge in [-0.25, -0.2) is 9.97 Å². The van der Waals surface area contributed by atoms with E-state index in [1.54, 1.807) is 0 Å². The largest absolute Gasteiger partial charge is 0.368 e. The molecule has 1 aliphatic rings. The average Bonchev–Trinajstić information content (AvgIpc) is 2.41. The standard InChI is InChI=1S/C14H21ClN4O/c1-8(2)13-17-11(15)9(3)14(18-13)19-7-5-4-6-10(19)12(16)20/h8,10H,4-7H2,1-3H3,(H2,16,20). The molecule has 0 bridgehead atoms. The summed E-state index contributed by atoms with van der Waals surface area (Å²) < 4.78 is 0. The fourth-order valence-electron chi connectivity index (χ4n) is 2.51. The first kappa shape index (κ1) is 15.0. The zero-order valence-corrected chi connectivity index (χ0v) is 12.9. The summed E-state index contributed by atoms with van der Waals surface area (Å²) in [6, 6.07) is -0.298. The Morgan fingerprint density at radius 2 is 2.10 bits per heavy atom. The Morgan fingerprint density at radius 1 is 1.40 bits per heavy atom. The Morgan fingerprint density at radius 3 is 2.70 bits per heavy atom. The molecule has 0 aliphatic carbocycles. The van der Waals surface area contributed by atoms with Crippen LogP contribution in [0.15, 0.2) is 0 Å². The molecule has 1 atom stereocenters. The van der Waals surface area contributed by atoms with Gasteiger partial charge in [0.25, 0.3) is 0 Å². The predicted octanol–water partition coefficient (Wildman–Crippen LogP) is 2.41. The highest BCUT2D eigenvalue weighted by Crippen LogP contribution is 2.30. The number of carbonyl (C=O) groups is 1. The number of nitrogens with zero attached hydrogens (tertiary/aromatic N) is 3. The van der Waals surface area contributed by atoms with E-state index in [9.17, 15) is 4.79 Å². The molecule has 1 aromatic rings. The summed E-state index contributed by atoms with van der Waals surface area (Å²) >= 11 is 6.22. The second-order valence-corrected chi connectivity index (χ2v) is 5.94. The summed E-state index contributed by atoms with van der Waals surface area (Å²) in [7, 11) is 0. The lowest BCUT2D eigenvalue weighted by Crippen LogP contribution is -2.48. The average molecular weight is 297 g/mol. The number of amides is 1. The van der Waals surface area contributed by atoms with Gasteiger partial charge in [0.15, 0.2) is 0 Å². The van der Waals surface area contributed by atoms with Gasteiger partial charge in [0.2, 0.25) is 5.91 Å². The van der Waals surface area contributed by atoms with Crippen molar-refractivity contribution in [3.8, 4) is 0 Å². The van der Waals surface area contributed by atoms with Crippen molar-refractivity contribution in [3.05, 3.63) is 16.5 Å². The van der Waals surface area contributed by atoms with Crippen molar-refractivity contribution in [3.63, 3.8) is 0 Å². The number of rotatable bonds is 3. The molecule has 1 aliphatic heterocycles. The number of hydrogen-bond acceptors (Lipinski definition) is 4. The Labute approximate surface area is 124 Å². The maximum atomic E-state index is 11.7. The van der Waals surface area contributed by atoms with Crippen molar-refractivity contribution in [2.45, 2.75) is 52.0 Å². The lowest BCUT2D eigenvalue weighted by atomic mass is 10.0. The predicted molar refractivity (Wildman–Crippen MR) is 80.0 cm³/mol. The topological polar surface area (TPSA) is 72.1 Å². The van der Waals surface area contributed by atoms with E-state index in [0.29, 0.717) is 11.0 Å². The molecular formula is C14H21ClN4O. The first-order valence-electron chi connectivity index (χ1n) is 7.01. The molecule has 2 N–H and O–H groups in total. The van der Waals surface area contributed by atoms with E-state index < -0.39 is 0 Å². The maximum Gasteiger partial charge on any atom is 0.240 e. The minimum absolute atomic E-state index is 0.184. The van der Waals surface area contributed by atoms with Crippen LogP contribution in [0.2, 0.25) is 5.15 Å². The van der Waals surface area contributed by atoms with Crippen LogP contribution in [0.1, 0.15) is 50.4 Å². The van der Waals surface area contributed by atoms with E-state index in [4.69, 9.17) is 17.3 Å². The maximum absolute atomic E-state index is 11.7. The third-order valence-electron chi connectivity index (χ3n) is 3.70. The van der Waals surface area contributed by atoms with Crippen LogP contribution < -0.4 is 10.6 Å². The number of carbonyl (C=O) groups excluding carboxylic acids is 1. The number of halogens is 1. The van der Waals surface area contributed by atoms with Crippen molar-refractivity contribution in [1.29, 1.82) is 0 Å². The van der Waals surface area contributed by atoms with Gasteiger partial charge in [-0.2, -0.15) is 0 Å². The lowest BCUT2D eigenvalue weighted by Gasteiger charge is -2.35. The summed E-state index contributed by atoms with van der Waals surface area (Å²) in [5, 5.41) is 0.451. The van der Waals surface area contributed by atoms with Crippen LogP contribution >= 0.6 is 11.6 Å². The summed E-state index contributed by atoms with van der Waals surface area (Å²) in [5.74, 6) is 1.33. The molecule has 1 aromatic heterocycles. The molecule has 2 rings (SSSR count). The van der Waals surface area contributed by atoms with Crippen LogP contribution in [0.3, 0.4) is 0 Å². The monoisotopic (exact) mass is 296 g/mol. The van der Waals surface area contributed by atoms with Crippen molar-refractivity contribution < 1.29 is 4.79 Å². The number of piperidine rings is 1. The molecule has 5 nitrogen and oxygen atoms in total. The summed E-state index contributed by atoms with van der Waals surface area (Å²) in [4.78, 5) is 22.6. The van der Waals surface area contributed by atoms with E-state index in [1.165, 1.54) is 0 Å². The smallest absolute Gasteiger partial charge is 0.240 e. The highest BCUT2D eigenvalue weighted by Gasteiger charge is 2.30. The molecule has 110 valence electrons. The Bertz CT molecular complexity index is 518. The van der Waals surface area contributed by atoms with E-state index in [-0.39, 0.29) is 17.9 Å². The van der Waals surface area contributed by atoms with Gasteiger partial charge in [0.05, 0.1) is 0 Å². The van der Waals surface area contributed by atoms with Crippen LogP contribution in [-0.2, 0) is 4.79 Å². The first-order chi connectivity index (χ1) is 9.41. The van der Waals surface area contributed by atoms with Crippen LogP contribution in [-0.4, -0.2) is 28.5 Å². The lowest BCUT2D eigenvalue weighted by molar-refractivity contribution is -0.119. The van der Waals surface area contributed by atoms with Gasteiger partial charge in [0.1, 0.15) is 22.8 Å². The zero-order chi connectivity index (χ0) is 14.9. The Kier molecular flexibility index (Phi) is 4.48. The zero-order valence-electron chi connectivity index (χ0n) is 12.2. The molecule has 1 fully saturated rings. The quantitative estimate of drug-likeness (QED) is 0.869. The molecule has 0 radical (unpaired) electrons. The SMILES string of the molecule is Cc1c(Cl)nc(C(C)C)nc1N1CCCCC1C(N)=O. The van der Waals surface area contributed by atoms with Gasteiger partial charge in [0, 0.05) is 18.0 Å². The molecule has 6 heteroatoms.